The van der Waals surface area contributed by atoms with Crippen LogP contribution >= 0.6 is 0 Å². The minimum Gasteiger partial charge on any atom is -0.493 e. The maximum absolute atomic E-state index is 6.16. The number of likely N-dealkylation sites (tertiary alicyclic amines) is 1. The second-order valence-electron chi connectivity index (χ2n) is 5.76. The molecule has 5 heteroatoms. The van der Waals surface area contributed by atoms with Crippen LogP contribution in [0.25, 0.3) is 0 Å². The van der Waals surface area contributed by atoms with Crippen molar-refractivity contribution < 1.29 is 14.2 Å². The molecule has 3 rings (SSSR count). The van der Waals surface area contributed by atoms with Gasteiger partial charge in [0.25, 0.3) is 0 Å². The van der Waals surface area contributed by atoms with E-state index in [1.54, 1.807) is 7.11 Å². The van der Waals surface area contributed by atoms with Crippen molar-refractivity contribution >= 4 is 0 Å². The zero-order chi connectivity index (χ0) is 14.7. The molecule has 2 saturated heterocycles. The molecule has 2 atom stereocenters. The molecule has 21 heavy (non-hydrogen) atoms. The number of nitrogens with one attached hydrogen (secondary N) is 1. The summed E-state index contributed by atoms with van der Waals surface area (Å²) in [7, 11) is 3.81. The number of hydrogen-bond donors (Lipinski definition) is 1. The van der Waals surface area contributed by atoms with E-state index in [0.717, 1.165) is 56.3 Å². The van der Waals surface area contributed by atoms with E-state index in [1.807, 2.05) is 6.07 Å². The standard InChI is InChI=1S/C16H24N2O3/c1-18-7-5-13(11-18)21-15-9-12(3-4-14(15)19-2)16-10-17-6-8-20-16/h3-4,9,13,16-17H,5-8,10-11H2,1-2H3. The van der Waals surface area contributed by atoms with E-state index in [4.69, 9.17) is 14.2 Å². The lowest BCUT2D eigenvalue weighted by Crippen LogP contribution is -2.33. The van der Waals surface area contributed by atoms with Crippen LogP contribution in [0.15, 0.2) is 18.2 Å². The van der Waals surface area contributed by atoms with Gasteiger partial charge in [-0.25, -0.2) is 0 Å². The van der Waals surface area contributed by atoms with Crippen LogP contribution in [-0.2, 0) is 4.74 Å². The van der Waals surface area contributed by atoms with E-state index in [1.165, 1.54) is 0 Å². The minimum absolute atomic E-state index is 0.0956. The highest BCUT2D eigenvalue weighted by molar-refractivity contribution is 5.44. The molecule has 0 amide bonds. The Labute approximate surface area is 126 Å². The molecular formula is C16H24N2O3. The van der Waals surface area contributed by atoms with E-state index in [-0.39, 0.29) is 12.2 Å². The third-order valence-electron chi connectivity index (χ3n) is 4.13. The molecule has 5 nitrogen and oxygen atoms in total. The summed E-state index contributed by atoms with van der Waals surface area (Å²) >= 11 is 0. The van der Waals surface area contributed by atoms with Crippen LogP contribution in [0.4, 0.5) is 0 Å². The molecule has 2 heterocycles. The van der Waals surface area contributed by atoms with Crippen LogP contribution in [0.2, 0.25) is 0 Å². The average Bonchev–Trinajstić information content (AvgIpc) is 2.93. The van der Waals surface area contributed by atoms with Crippen molar-refractivity contribution in [2.24, 2.45) is 0 Å². The Hall–Kier alpha value is -1.30. The number of benzene rings is 1. The molecule has 116 valence electrons. The first kappa shape index (κ1) is 14.6. The Morgan fingerprint density at radius 2 is 2.24 bits per heavy atom. The third-order valence-corrected chi connectivity index (χ3v) is 4.13. The predicted molar refractivity (Wildman–Crippen MR) is 81.1 cm³/mol. The quantitative estimate of drug-likeness (QED) is 0.909. The van der Waals surface area contributed by atoms with Gasteiger partial charge in [-0.05, 0) is 31.2 Å². The van der Waals surface area contributed by atoms with Gasteiger partial charge in [0.2, 0.25) is 0 Å². The van der Waals surface area contributed by atoms with Crippen LogP contribution in [0.5, 0.6) is 11.5 Å². The number of likely N-dealkylation sites (N-methyl/N-ethyl adjacent to an activating group) is 1. The topological polar surface area (TPSA) is 43.0 Å². The normalized spacial score (nSPS) is 26.8. The molecule has 1 aromatic rings. The Kier molecular flexibility index (Phi) is 4.63. The lowest BCUT2D eigenvalue weighted by atomic mass is 10.1. The number of hydrogen-bond acceptors (Lipinski definition) is 5. The summed E-state index contributed by atoms with van der Waals surface area (Å²) in [6.45, 7) is 4.57. The summed E-state index contributed by atoms with van der Waals surface area (Å²) in [4.78, 5) is 2.29. The van der Waals surface area contributed by atoms with E-state index in [9.17, 15) is 0 Å². The molecule has 0 spiro atoms. The Morgan fingerprint density at radius 3 is 2.90 bits per heavy atom. The Morgan fingerprint density at radius 1 is 1.33 bits per heavy atom. The zero-order valence-corrected chi connectivity index (χ0v) is 12.8. The summed E-state index contributed by atoms with van der Waals surface area (Å²) in [5.41, 5.74) is 1.14. The van der Waals surface area contributed by atoms with Crippen molar-refractivity contribution in [3.8, 4) is 11.5 Å². The summed E-state index contributed by atoms with van der Waals surface area (Å²) in [6.07, 6.45) is 1.40. The fourth-order valence-corrected chi connectivity index (χ4v) is 2.94. The van der Waals surface area contributed by atoms with Gasteiger partial charge in [-0.3, -0.25) is 0 Å². The molecule has 0 saturated carbocycles. The summed E-state index contributed by atoms with van der Waals surface area (Å²) in [6, 6.07) is 6.10. The SMILES string of the molecule is COc1ccc(C2CNCCO2)cc1OC1CCN(C)C1. The minimum atomic E-state index is 0.0956. The van der Waals surface area contributed by atoms with Crippen LogP contribution in [-0.4, -0.2) is 57.9 Å². The van der Waals surface area contributed by atoms with Crippen molar-refractivity contribution in [3.05, 3.63) is 23.8 Å². The molecule has 0 aromatic heterocycles. The monoisotopic (exact) mass is 292 g/mol. The van der Waals surface area contributed by atoms with Gasteiger partial charge in [0.05, 0.1) is 19.8 Å². The number of methoxy groups -OCH3 is 1. The molecule has 1 N–H and O–H groups in total. The first-order valence-corrected chi connectivity index (χ1v) is 7.61. The lowest BCUT2D eigenvalue weighted by Gasteiger charge is -2.25. The van der Waals surface area contributed by atoms with Gasteiger partial charge in [-0.2, -0.15) is 0 Å². The van der Waals surface area contributed by atoms with Gasteiger partial charge >= 0.3 is 0 Å². The highest BCUT2D eigenvalue weighted by Crippen LogP contribution is 2.33. The number of morpholine rings is 1. The van der Waals surface area contributed by atoms with Crippen LogP contribution < -0.4 is 14.8 Å². The molecule has 2 aliphatic heterocycles. The molecular weight excluding hydrogens is 268 g/mol. The second kappa shape index (κ2) is 6.64. The van der Waals surface area contributed by atoms with E-state index in [2.05, 4.69) is 29.4 Å². The maximum Gasteiger partial charge on any atom is 0.162 e. The third kappa shape index (κ3) is 3.48. The highest BCUT2D eigenvalue weighted by atomic mass is 16.5. The molecule has 0 aliphatic carbocycles. The maximum atomic E-state index is 6.16. The fraction of sp³-hybridized carbons (Fsp3) is 0.625. The van der Waals surface area contributed by atoms with Gasteiger partial charge in [0.15, 0.2) is 11.5 Å². The first-order chi connectivity index (χ1) is 10.3. The van der Waals surface area contributed by atoms with Crippen molar-refractivity contribution in [1.82, 2.24) is 10.2 Å². The number of ether oxygens (including phenoxy) is 3. The van der Waals surface area contributed by atoms with E-state index < -0.39 is 0 Å². The average molecular weight is 292 g/mol. The number of nitrogens with zero attached hydrogens (tertiary/aromatic N) is 1. The second-order valence-corrected chi connectivity index (χ2v) is 5.76. The van der Waals surface area contributed by atoms with Crippen molar-refractivity contribution in [2.45, 2.75) is 18.6 Å². The van der Waals surface area contributed by atoms with Crippen LogP contribution in [0.1, 0.15) is 18.1 Å². The molecule has 2 unspecified atom stereocenters. The zero-order valence-electron chi connectivity index (χ0n) is 12.8. The summed E-state index contributed by atoms with van der Waals surface area (Å²) in [5.74, 6) is 1.61. The highest BCUT2D eigenvalue weighted by Gasteiger charge is 2.23. The Balaban J connectivity index is 1.76. The predicted octanol–water partition coefficient (Wildman–Crippen LogP) is 1.44. The molecule has 0 bridgehead atoms. The van der Waals surface area contributed by atoms with Crippen LogP contribution in [0, 0.1) is 0 Å². The molecule has 2 fully saturated rings. The molecule has 1 aromatic carbocycles. The largest absolute Gasteiger partial charge is 0.493 e. The van der Waals surface area contributed by atoms with Gasteiger partial charge in [-0.15, -0.1) is 0 Å². The first-order valence-electron chi connectivity index (χ1n) is 7.61. The van der Waals surface area contributed by atoms with Gasteiger partial charge in [0, 0.05) is 26.2 Å². The summed E-state index contributed by atoms with van der Waals surface area (Å²) in [5, 5.41) is 3.36. The van der Waals surface area contributed by atoms with E-state index >= 15 is 0 Å². The lowest BCUT2D eigenvalue weighted by molar-refractivity contribution is 0.0274. The molecule has 2 aliphatic rings. The van der Waals surface area contributed by atoms with Gasteiger partial charge in [0.1, 0.15) is 6.10 Å². The van der Waals surface area contributed by atoms with Crippen molar-refractivity contribution in [1.29, 1.82) is 0 Å². The van der Waals surface area contributed by atoms with Crippen molar-refractivity contribution in [3.63, 3.8) is 0 Å². The van der Waals surface area contributed by atoms with Crippen LogP contribution in [0.3, 0.4) is 0 Å². The molecule has 0 radical (unpaired) electrons. The Bertz CT molecular complexity index is 475. The van der Waals surface area contributed by atoms with Crippen molar-refractivity contribution in [2.75, 3.05) is 46.9 Å². The smallest absolute Gasteiger partial charge is 0.162 e. The fourth-order valence-electron chi connectivity index (χ4n) is 2.94. The number of rotatable bonds is 4. The van der Waals surface area contributed by atoms with Gasteiger partial charge in [-0.1, -0.05) is 6.07 Å². The van der Waals surface area contributed by atoms with Gasteiger partial charge < -0.3 is 24.4 Å². The van der Waals surface area contributed by atoms with E-state index in [0.29, 0.717) is 0 Å². The summed E-state index contributed by atoms with van der Waals surface area (Å²) < 4.78 is 17.4.